The molecule has 2 aromatic rings. The number of hydrogen-bond donors (Lipinski definition) is 1. The number of ether oxygens (including phenoxy) is 3. The quantitative estimate of drug-likeness (QED) is 0.829. The molecule has 1 aromatic carbocycles. The number of rotatable bonds is 6. The Kier molecular flexibility index (Phi) is 5.95. The van der Waals surface area contributed by atoms with E-state index < -0.39 is 0 Å². The van der Waals surface area contributed by atoms with Gasteiger partial charge in [-0.1, -0.05) is 0 Å². The molecule has 0 bridgehead atoms. The van der Waals surface area contributed by atoms with Gasteiger partial charge in [-0.15, -0.1) is 0 Å². The molecule has 144 valence electrons. The molecule has 0 radical (unpaired) electrons. The lowest BCUT2D eigenvalue weighted by atomic mass is 10.0. The number of amides is 1. The first-order valence-corrected chi connectivity index (χ1v) is 8.79. The summed E-state index contributed by atoms with van der Waals surface area (Å²) in [6, 6.07) is 5.10. The lowest BCUT2D eigenvalue weighted by Crippen LogP contribution is -2.48. The summed E-state index contributed by atoms with van der Waals surface area (Å²) in [5, 5.41) is 3.09. The normalized spacial score (nSPS) is 16.6. The van der Waals surface area contributed by atoms with Crippen molar-refractivity contribution in [3.05, 3.63) is 36.2 Å². The molecule has 27 heavy (non-hydrogen) atoms. The van der Waals surface area contributed by atoms with Gasteiger partial charge in [0.05, 0.1) is 21.3 Å². The number of aromatic nitrogens is 2. The lowest BCUT2D eigenvalue weighted by Gasteiger charge is -2.33. The fraction of sp³-hybridized carbons (Fsp3) is 0.421. The van der Waals surface area contributed by atoms with Crippen LogP contribution in [0.2, 0.25) is 0 Å². The van der Waals surface area contributed by atoms with Gasteiger partial charge in [0.2, 0.25) is 11.7 Å². The monoisotopic (exact) mass is 372 g/mol. The third kappa shape index (κ3) is 4.21. The van der Waals surface area contributed by atoms with Crippen LogP contribution in [0.5, 0.6) is 17.2 Å². The number of benzene rings is 1. The van der Waals surface area contributed by atoms with Crippen molar-refractivity contribution < 1.29 is 19.0 Å². The largest absolute Gasteiger partial charge is 0.493 e. The Morgan fingerprint density at radius 3 is 2.37 bits per heavy atom. The van der Waals surface area contributed by atoms with Crippen molar-refractivity contribution in [1.82, 2.24) is 15.3 Å². The molecule has 1 atom stereocenters. The number of anilines is 1. The molecule has 0 saturated carbocycles. The molecule has 3 rings (SSSR count). The van der Waals surface area contributed by atoms with Gasteiger partial charge in [0.15, 0.2) is 11.5 Å². The summed E-state index contributed by atoms with van der Waals surface area (Å²) in [6.45, 7) is 1.54. The van der Waals surface area contributed by atoms with Gasteiger partial charge in [-0.2, -0.15) is 0 Å². The van der Waals surface area contributed by atoms with Crippen molar-refractivity contribution >= 4 is 11.9 Å². The van der Waals surface area contributed by atoms with Gasteiger partial charge < -0.3 is 24.4 Å². The van der Waals surface area contributed by atoms with Crippen LogP contribution in [0.1, 0.15) is 23.2 Å². The minimum atomic E-state index is -0.185. The molecular weight excluding hydrogens is 348 g/mol. The fourth-order valence-electron chi connectivity index (χ4n) is 3.21. The second-order valence-electron chi connectivity index (χ2n) is 6.22. The fourth-order valence-corrected chi connectivity index (χ4v) is 3.21. The molecule has 1 aliphatic rings. The summed E-state index contributed by atoms with van der Waals surface area (Å²) in [6.07, 6.45) is 5.30. The lowest BCUT2D eigenvalue weighted by molar-refractivity contribution is 0.0932. The van der Waals surface area contributed by atoms with Gasteiger partial charge in [-0.05, 0) is 31.0 Å². The first kappa shape index (κ1) is 18.8. The molecule has 1 aliphatic heterocycles. The van der Waals surface area contributed by atoms with Crippen molar-refractivity contribution in [3.63, 3.8) is 0 Å². The Labute approximate surface area is 158 Å². The first-order chi connectivity index (χ1) is 13.2. The molecule has 1 fully saturated rings. The highest BCUT2D eigenvalue weighted by molar-refractivity contribution is 5.95. The van der Waals surface area contributed by atoms with Crippen LogP contribution >= 0.6 is 0 Å². The zero-order chi connectivity index (χ0) is 19.2. The number of carbonyl (C=O) groups is 1. The van der Waals surface area contributed by atoms with Gasteiger partial charge in [0.1, 0.15) is 0 Å². The molecule has 1 aromatic heterocycles. The van der Waals surface area contributed by atoms with Crippen molar-refractivity contribution in [2.45, 2.75) is 18.9 Å². The van der Waals surface area contributed by atoms with Crippen LogP contribution in [-0.2, 0) is 0 Å². The summed E-state index contributed by atoms with van der Waals surface area (Å²) in [7, 11) is 4.58. The van der Waals surface area contributed by atoms with Gasteiger partial charge in [0, 0.05) is 37.1 Å². The molecular formula is C19H24N4O4. The number of carbonyl (C=O) groups excluding carboxylic acids is 1. The minimum Gasteiger partial charge on any atom is -0.493 e. The van der Waals surface area contributed by atoms with E-state index in [9.17, 15) is 4.79 Å². The predicted octanol–water partition coefficient (Wildman–Crippen LogP) is 1.90. The highest BCUT2D eigenvalue weighted by atomic mass is 16.5. The molecule has 8 heteroatoms. The van der Waals surface area contributed by atoms with Gasteiger partial charge in [-0.3, -0.25) is 4.79 Å². The average molecular weight is 372 g/mol. The number of hydrogen-bond acceptors (Lipinski definition) is 7. The Bertz CT molecular complexity index is 760. The summed E-state index contributed by atoms with van der Waals surface area (Å²) in [5.41, 5.74) is 0.456. The Morgan fingerprint density at radius 1 is 1.11 bits per heavy atom. The van der Waals surface area contributed by atoms with E-state index in [-0.39, 0.29) is 11.9 Å². The maximum atomic E-state index is 12.8. The minimum absolute atomic E-state index is 0.00847. The summed E-state index contributed by atoms with van der Waals surface area (Å²) >= 11 is 0. The maximum absolute atomic E-state index is 12.8. The molecule has 0 unspecified atom stereocenters. The van der Waals surface area contributed by atoms with Crippen LogP contribution in [0.25, 0.3) is 0 Å². The van der Waals surface area contributed by atoms with Crippen LogP contribution < -0.4 is 24.4 Å². The summed E-state index contributed by atoms with van der Waals surface area (Å²) < 4.78 is 16.0. The zero-order valence-electron chi connectivity index (χ0n) is 15.8. The summed E-state index contributed by atoms with van der Waals surface area (Å²) in [5.74, 6) is 1.86. The van der Waals surface area contributed by atoms with E-state index in [4.69, 9.17) is 14.2 Å². The molecule has 2 heterocycles. The molecule has 1 N–H and O–H groups in total. The molecule has 8 nitrogen and oxygen atoms in total. The van der Waals surface area contributed by atoms with Crippen molar-refractivity contribution in [3.8, 4) is 17.2 Å². The van der Waals surface area contributed by atoms with Crippen LogP contribution in [0.4, 0.5) is 5.95 Å². The van der Waals surface area contributed by atoms with Gasteiger partial charge in [0.25, 0.3) is 5.91 Å². The smallest absolute Gasteiger partial charge is 0.251 e. The average Bonchev–Trinajstić information content (AvgIpc) is 2.73. The Hall–Kier alpha value is -3.03. The molecule has 1 saturated heterocycles. The second-order valence-corrected chi connectivity index (χ2v) is 6.22. The predicted molar refractivity (Wildman–Crippen MR) is 101 cm³/mol. The molecule has 0 aliphatic carbocycles. The van der Waals surface area contributed by atoms with Crippen LogP contribution in [0, 0.1) is 0 Å². The van der Waals surface area contributed by atoms with Gasteiger partial charge >= 0.3 is 0 Å². The van der Waals surface area contributed by atoms with E-state index in [1.807, 2.05) is 0 Å². The second kappa shape index (κ2) is 8.57. The number of nitrogens with zero attached hydrogens (tertiary/aromatic N) is 3. The van der Waals surface area contributed by atoms with Crippen molar-refractivity contribution in [2.75, 3.05) is 39.3 Å². The van der Waals surface area contributed by atoms with E-state index in [0.29, 0.717) is 35.3 Å². The summed E-state index contributed by atoms with van der Waals surface area (Å²) in [4.78, 5) is 23.5. The molecule has 0 spiro atoms. The number of piperidine rings is 1. The van der Waals surface area contributed by atoms with Gasteiger partial charge in [-0.25, -0.2) is 9.97 Å². The highest BCUT2D eigenvalue weighted by Gasteiger charge is 2.24. The van der Waals surface area contributed by atoms with E-state index in [0.717, 1.165) is 19.4 Å². The number of methoxy groups -OCH3 is 3. The topological polar surface area (TPSA) is 85.8 Å². The third-order valence-electron chi connectivity index (χ3n) is 4.52. The standard InChI is InChI=1S/C19H24N4O4/c1-25-15-10-13(11-16(26-2)17(15)27-3)18(24)22-14-6-4-9-23(12-14)19-20-7-5-8-21-19/h5,7-8,10-11,14H,4,6,9,12H2,1-3H3,(H,22,24)/t14-/m1/s1. The number of nitrogens with one attached hydrogen (secondary N) is 1. The highest BCUT2D eigenvalue weighted by Crippen LogP contribution is 2.38. The van der Waals surface area contributed by atoms with E-state index >= 15 is 0 Å². The molecule has 1 amide bonds. The maximum Gasteiger partial charge on any atom is 0.251 e. The van der Waals surface area contributed by atoms with Crippen molar-refractivity contribution in [2.24, 2.45) is 0 Å². The van der Waals surface area contributed by atoms with Crippen LogP contribution in [0.3, 0.4) is 0 Å². The SMILES string of the molecule is COc1cc(C(=O)N[C@@H]2CCCN(c3ncccn3)C2)cc(OC)c1OC. The van der Waals surface area contributed by atoms with Crippen LogP contribution in [0.15, 0.2) is 30.6 Å². The Morgan fingerprint density at radius 2 is 1.78 bits per heavy atom. The third-order valence-corrected chi connectivity index (χ3v) is 4.52. The Balaban J connectivity index is 1.73. The van der Waals surface area contributed by atoms with Crippen molar-refractivity contribution in [1.29, 1.82) is 0 Å². The van der Waals surface area contributed by atoms with E-state index in [2.05, 4.69) is 20.2 Å². The van der Waals surface area contributed by atoms with E-state index in [1.54, 1.807) is 30.6 Å². The van der Waals surface area contributed by atoms with Crippen LogP contribution in [-0.4, -0.2) is 56.3 Å². The zero-order valence-corrected chi connectivity index (χ0v) is 15.8. The van der Waals surface area contributed by atoms with E-state index in [1.165, 1.54) is 21.3 Å². The first-order valence-electron chi connectivity index (χ1n) is 8.79.